The molecule has 0 saturated heterocycles. The van der Waals surface area contributed by atoms with Crippen LogP contribution in [0.25, 0.3) is 0 Å². The zero-order chi connectivity index (χ0) is 15.6. The van der Waals surface area contributed by atoms with Crippen molar-refractivity contribution < 1.29 is 9.53 Å². The van der Waals surface area contributed by atoms with Crippen molar-refractivity contribution in [1.29, 1.82) is 0 Å². The number of ether oxygens (including phenoxy) is 1. The quantitative estimate of drug-likeness (QED) is 0.680. The molecule has 0 fully saturated rings. The molecule has 110 valence electrons. The fraction of sp³-hybridized carbons (Fsp3) is 0.214. The average molecular weight is 326 g/mol. The molecule has 0 saturated carbocycles. The number of aromatic nitrogens is 2. The topological polar surface area (TPSA) is 64.1 Å². The van der Waals surface area contributed by atoms with Gasteiger partial charge in [-0.25, -0.2) is 9.97 Å². The Labute approximate surface area is 132 Å². The van der Waals surface area contributed by atoms with Crippen LogP contribution in [0.5, 0.6) is 5.75 Å². The highest BCUT2D eigenvalue weighted by Gasteiger charge is 2.14. The van der Waals surface area contributed by atoms with Crippen molar-refractivity contribution in [3.8, 4) is 5.75 Å². The van der Waals surface area contributed by atoms with Crippen LogP contribution in [0.1, 0.15) is 21.7 Å². The molecule has 0 atom stereocenters. The van der Waals surface area contributed by atoms with E-state index in [9.17, 15) is 4.79 Å². The molecular weight excluding hydrogens is 313 g/mol. The second-order valence-electron chi connectivity index (χ2n) is 4.37. The molecule has 0 bridgehead atoms. The lowest BCUT2D eigenvalue weighted by Gasteiger charge is -2.14. The summed E-state index contributed by atoms with van der Waals surface area (Å²) in [5, 5.41) is 3.73. The lowest BCUT2D eigenvalue weighted by molar-refractivity contribution is 0.112. The van der Waals surface area contributed by atoms with Crippen molar-refractivity contribution in [3.63, 3.8) is 0 Å². The van der Waals surface area contributed by atoms with Gasteiger partial charge in [0.25, 0.3) is 0 Å². The molecule has 1 aromatic carbocycles. The maximum atomic E-state index is 11.2. The third kappa shape index (κ3) is 3.25. The van der Waals surface area contributed by atoms with Crippen LogP contribution >= 0.6 is 23.2 Å². The van der Waals surface area contributed by atoms with Crippen LogP contribution in [0.3, 0.4) is 0 Å². The Kier molecular flexibility index (Phi) is 4.65. The van der Waals surface area contributed by atoms with Crippen LogP contribution in [-0.2, 0) is 0 Å². The van der Waals surface area contributed by atoms with E-state index in [1.807, 2.05) is 6.92 Å². The van der Waals surface area contributed by atoms with Gasteiger partial charge in [0.1, 0.15) is 22.5 Å². The number of nitrogens with zero attached hydrogens (tertiary/aromatic N) is 2. The van der Waals surface area contributed by atoms with Gasteiger partial charge in [-0.3, -0.25) is 4.79 Å². The van der Waals surface area contributed by atoms with Gasteiger partial charge in [0.2, 0.25) is 0 Å². The number of anilines is 2. The van der Waals surface area contributed by atoms with Gasteiger partial charge in [0, 0.05) is 11.1 Å². The number of carbonyl (C=O) groups is 1. The molecule has 0 radical (unpaired) electrons. The Bertz CT molecular complexity index is 705. The van der Waals surface area contributed by atoms with Crippen molar-refractivity contribution in [2.45, 2.75) is 13.8 Å². The van der Waals surface area contributed by atoms with E-state index in [1.165, 1.54) is 7.11 Å². The zero-order valence-corrected chi connectivity index (χ0v) is 13.2. The van der Waals surface area contributed by atoms with Crippen LogP contribution in [0, 0.1) is 13.8 Å². The van der Waals surface area contributed by atoms with Crippen molar-refractivity contribution in [2.75, 3.05) is 12.4 Å². The molecule has 1 heterocycles. The minimum Gasteiger partial charge on any atom is -0.495 e. The van der Waals surface area contributed by atoms with Crippen molar-refractivity contribution in [1.82, 2.24) is 9.97 Å². The molecule has 7 heteroatoms. The first-order valence-electron chi connectivity index (χ1n) is 6.06. The summed E-state index contributed by atoms with van der Waals surface area (Å²) in [6.45, 7) is 3.56. The van der Waals surface area contributed by atoms with Crippen molar-refractivity contribution in [3.05, 3.63) is 39.3 Å². The van der Waals surface area contributed by atoms with E-state index in [2.05, 4.69) is 15.3 Å². The van der Waals surface area contributed by atoms with Gasteiger partial charge in [-0.2, -0.15) is 0 Å². The molecule has 0 amide bonds. The van der Waals surface area contributed by atoms with E-state index >= 15 is 0 Å². The molecule has 0 aliphatic heterocycles. The van der Waals surface area contributed by atoms with E-state index in [0.29, 0.717) is 34.4 Å². The molecule has 2 rings (SSSR count). The van der Waals surface area contributed by atoms with Crippen LogP contribution in [0.15, 0.2) is 12.1 Å². The maximum absolute atomic E-state index is 11.2. The van der Waals surface area contributed by atoms with Gasteiger partial charge in [-0.05, 0) is 25.5 Å². The highest BCUT2D eigenvalue weighted by atomic mass is 35.5. The fourth-order valence-corrected chi connectivity index (χ4v) is 2.21. The second-order valence-corrected chi connectivity index (χ2v) is 5.13. The Morgan fingerprint density at radius 3 is 2.57 bits per heavy atom. The van der Waals surface area contributed by atoms with E-state index in [-0.39, 0.29) is 10.7 Å². The SMILES string of the molecule is COc1cc(Cl)c(C)cc1Nc1nc(C)nc(Cl)c1C=O. The second kappa shape index (κ2) is 6.28. The van der Waals surface area contributed by atoms with Crippen LogP contribution in [0.4, 0.5) is 11.5 Å². The summed E-state index contributed by atoms with van der Waals surface area (Å²) >= 11 is 12.0. The normalized spacial score (nSPS) is 10.3. The van der Waals surface area contributed by atoms with E-state index in [0.717, 1.165) is 5.56 Å². The largest absolute Gasteiger partial charge is 0.495 e. The predicted molar refractivity (Wildman–Crippen MR) is 83.2 cm³/mol. The molecule has 0 unspecified atom stereocenters. The van der Waals surface area contributed by atoms with Gasteiger partial charge in [-0.15, -0.1) is 0 Å². The summed E-state index contributed by atoms with van der Waals surface area (Å²) < 4.78 is 5.28. The summed E-state index contributed by atoms with van der Waals surface area (Å²) in [6, 6.07) is 3.50. The van der Waals surface area contributed by atoms with Crippen LogP contribution in [-0.4, -0.2) is 23.4 Å². The molecule has 2 aromatic rings. The Balaban J connectivity index is 2.52. The molecule has 1 aromatic heterocycles. The third-order valence-electron chi connectivity index (χ3n) is 2.86. The zero-order valence-electron chi connectivity index (χ0n) is 11.7. The van der Waals surface area contributed by atoms with Gasteiger partial charge in [0.05, 0.1) is 18.4 Å². The Morgan fingerprint density at radius 1 is 1.24 bits per heavy atom. The first-order chi connectivity index (χ1) is 9.96. The maximum Gasteiger partial charge on any atom is 0.156 e. The fourth-order valence-electron chi connectivity index (χ4n) is 1.80. The number of carbonyl (C=O) groups excluding carboxylic acids is 1. The summed E-state index contributed by atoms with van der Waals surface area (Å²) in [5.74, 6) is 1.31. The number of halogens is 2. The van der Waals surface area contributed by atoms with E-state index in [1.54, 1.807) is 19.1 Å². The van der Waals surface area contributed by atoms with E-state index < -0.39 is 0 Å². The molecule has 0 aliphatic rings. The summed E-state index contributed by atoms with van der Waals surface area (Å²) in [4.78, 5) is 19.3. The highest BCUT2D eigenvalue weighted by molar-refractivity contribution is 6.32. The monoisotopic (exact) mass is 325 g/mol. The first-order valence-corrected chi connectivity index (χ1v) is 6.82. The number of hydrogen-bond acceptors (Lipinski definition) is 5. The molecular formula is C14H13Cl2N3O2. The number of nitrogens with one attached hydrogen (secondary N) is 1. The molecule has 5 nitrogen and oxygen atoms in total. The van der Waals surface area contributed by atoms with Crippen molar-refractivity contribution >= 4 is 41.0 Å². The lowest BCUT2D eigenvalue weighted by Crippen LogP contribution is -2.04. The smallest absolute Gasteiger partial charge is 0.156 e. The summed E-state index contributed by atoms with van der Waals surface area (Å²) in [6.07, 6.45) is 0.610. The third-order valence-corrected chi connectivity index (χ3v) is 3.56. The highest BCUT2D eigenvalue weighted by Crippen LogP contribution is 2.33. The minimum absolute atomic E-state index is 0.102. The number of methoxy groups -OCH3 is 1. The van der Waals surface area contributed by atoms with E-state index in [4.69, 9.17) is 27.9 Å². The van der Waals surface area contributed by atoms with Gasteiger partial charge < -0.3 is 10.1 Å². The molecule has 0 aliphatic carbocycles. The van der Waals surface area contributed by atoms with Gasteiger partial charge in [-0.1, -0.05) is 23.2 Å². The lowest BCUT2D eigenvalue weighted by atomic mass is 10.2. The molecule has 0 spiro atoms. The molecule has 21 heavy (non-hydrogen) atoms. The van der Waals surface area contributed by atoms with Crippen LogP contribution < -0.4 is 10.1 Å². The Hall–Kier alpha value is -1.85. The number of rotatable bonds is 4. The molecule has 1 N–H and O–H groups in total. The predicted octanol–water partition coefficient (Wildman–Crippen LogP) is 3.96. The average Bonchev–Trinajstić information content (AvgIpc) is 2.42. The summed E-state index contributed by atoms with van der Waals surface area (Å²) in [7, 11) is 1.53. The number of aryl methyl sites for hydroxylation is 2. The van der Waals surface area contributed by atoms with Gasteiger partial charge >= 0.3 is 0 Å². The number of aldehydes is 1. The standard InChI is InChI=1S/C14H13Cl2N3O2/c1-7-4-11(12(21-3)5-10(7)15)19-14-9(6-20)13(16)17-8(2)18-14/h4-6H,1-3H3,(H,17,18,19). The number of hydrogen-bond donors (Lipinski definition) is 1. The van der Waals surface area contributed by atoms with Crippen LogP contribution in [0.2, 0.25) is 10.2 Å². The van der Waals surface area contributed by atoms with Gasteiger partial charge in [0.15, 0.2) is 6.29 Å². The number of benzene rings is 1. The first kappa shape index (κ1) is 15.5. The Morgan fingerprint density at radius 2 is 1.95 bits per heavy atom. The summed E-state index contributed by atoms with van der Waals surface area (Å²) in [5.41, 5.74) is 1.69. The van der Waals surface area contributed by atoms with Crippen molar-refractivity contribution in [2.24, 2.45) is 0 Å². The minimum atomic E-state index is 0.102.